The largest absolute Gasteiger partial charge is 0.369 e. The Morgan fingerprint density at radius 1 is 1.09 bits per heavy atom. The van der Waals surface area contributed by atoms with E-state index < -0.39 is 0 Å². The Labute approximate surface area is 190 Å². The van der Waals surface area contributed by atoms with Crippen LogP contribution in [-0.2, 0) is 11.3 Å². The summed E-state index contributed by atoms with van der Waals surface area (Å²) in [6.07, 6.45) is 3.64. The molecule has 1 aromatic carbocycles. The van der Waals surface area contributed by atoms with Gasteiger partial charge in [-0.05, 0) is 24.3 Å². The second-order valence-electron chi connectivity index (χ2n) is 9.50. The third-order valence-electron chi connectivity index (χ3n) is 6.47. The van der Waals surface area contributed by atoms with Crippen molar-refractivity contribution in [3.8, 4) is 0 Å². The lowest BCUT2D eigenvalue weighted by Gasteiger charge is -2.39. The van der Waals surface area contributed by atoms with E-state index in [9.17, 15) is 9.59 Å². The third kappa shape index (κ3) is 5.57. The predicted molar refractivity (Wildman–Crippen MR) is 127 cm³/mol. The molecule has 32 heavy (non-hydrogen) atoms. The van der Waals surface area contributed by atoms with Crippen molar-refractivity contribution in [3.63, 3.8) is 0 Å². The SMILES string of the molecule is CC(C)CN1CCN(C(=O)C2CCCN(c3cnn(Cc4ccccc4)c(=O)c3)C2)CC1. The highest BCUT2D eigenvalue weighted by atomic mass is 16.2. The maximum Gasteiger partial charge on any atom is 0.269 e. The molecule has 1 atom stereocenters. The molecule has 0 spiro atoms. The lowest BCUT2D eigenvalue weighted by Crippen LogP contribution is -2.53. The Kier molecular flexibility index (Phi) is 7.25. The number of hydrogen-bond acceptors (Lipinski definition) is 5. The molecule has 1 unspecified atom stereocenters. The standard InChI is InChI=1S/C25H35N5O2/c1-20(2)17-27-11-13-28(14-12-27)25(32)22-9-6-10-29(19-22)23-15-24(31)30(26-16-23)18-21-7-4-3-5-8-21/h3-5,7-8,15-16,20,22H,6,9-14,17-19H2,1-2H3. The van der Waals surface area contributed by atoms with Crippen LogP contribution in [-0.4, -0.2) is 71.3 Å². The van der Waals surface area contributed by atoms with Crippen LogP contribution in [0, 0.1) is 11.8 Å². The maximum atomic E-state index is 13.2. The van der Waals surface area contributed by atoms with Crippen LogP contribution in [0.5, 0.6) is 0 Å². The average Bonchev–Trinajstić information content (AvgIpc) is 2.81. The van der Waals surface area contributed by atoms with Gasteiger partial charge in [-0.3, -0.25) is 14.5 Å². The summed E-state index contributed by atoms with van der Waals surface area (Å²) in [6.45, 7) is 11.1. The fraction of sp³-hybridized carbons (Fsp3) is 0.560. The quantitative estimate of drug-likeness (QED) is 0.694. The molecule has 2 saturated heterocycles. The first kappa shape index (κ1) is 22.5. The van der Waals surface area contributed by atoms with Crippen molar-refractivity contribution in [2.75, 3.05) is 50.7 Å². The minimum atomic E-state index is -0.110. The van der Waals surface area contributed by atoms with Gasteiger partial charge >= 0.3 is 0 Å². The van der Waals surface area contributed by atoms with Crippen molar-refractivity contribution in [2.24, 2.45) is 11.8 Å². The summed E-state index contributed by atoms with van der Waals surface area (Å²) in [6, 6.07) is 11.5. The maximum absolute atomic E-state index is 13.2. The summed E-state index contributed by atoms with van der Waals surface area (Å²) in [5, 5.41) is 4.40. The van der Waals surface area contributed by atoms with E-state index in [1.165, 1.54) is 4.68 Å². The van der Waals surface area contributed by atoms with Crippen LogP contribution in [0.4, 0.5) is 5.69 Å². The molecule has 1 amide bonds. The molecule has 172 valence electrons. The summed E-state index contributed by atoms with van der Waals surface area (Å²) in [4.78, 5) is 32.5. The highest BCUT2D eigenvalue weighted by molar-refractivity contribution is 5.80. The highest BCUT2D eigenvalue weighted by Crippen LogP contribution is 2.24. The first-order valence-corrected chi connectivity index (χ1v) is 11.9. The molecule has 2 aliphatic heterocycles. The van der Waals surface area contributed by atoms with Gasteiger partial charge in [0.2, 0.25) is 5.91 Å². The van der Waals surface area contributed by atoms with Gasteiger partial charge in [-0.2, -0.15) is 5.10 Å². The smallest absolute Gasteiger partial charge is 0.269 e. The summed E-state index contributed by atoms with van der Waals surface area (Å²) in [7, 11) is 0. The van der Waals surface area contributed by atoms with Gasteiger partial charge < -0.3 is 9.80 Å². The number of benzene rings is 1. The van der Waals surface area contributed by atoms with Gasteiger partial charge in [-0.15, -0.1) is 0 Å². The van der Waals surface area contributed by atoms with Crippen molar-refractivity contribution in [1.82, 2.24) is 19.6 Å². The van der Waals surface area contributed by atoms with E-state index in [1.807, 2.05) is 35.2 Å². The molecule has 7 nitrogen and oxygen atoms in total. The Balaban J connectivity index is 1.36. The fourth-order valence-corrected chi connectivity index (χ4v) is 4.81. The van der Waals surface area contributed by atoms with Crippen LogP contribution >= 0.6 is 0 Å². The van der Waals surface area contributed by atoms with E-state index in [0.29, 0.717) is 19.0 Å². The average molecular weight is 438 g/mol. The lowest BCUT2D eigenvalue weighted by molar-refractivity contribution is -0.137. The normalized spacial score (nSPS) is 20.0. The van der Waals surface area contributed by atoms with Gasteiger partial charge in [-0.25, -0.2) is 4.68 Å². The van der Waals surface area contributed by atoms with E-state index in [-0.39, 0.29) is 17.4 Å². The molecule has 2 fully saturated rings. The minimum Gasteiger partial charge on any atom is -0.369 e. The highest BCUT2D eigenvalue weighted by Gasteiger charge is 2.31. The van der Waals surface area contributed by atoms with Gasteiger partial charge in [0.15, 0.2) is 0 Å². The van der Waals surface area contributed by atoms with E-state index in [2.05, 4.69) is 28.7 Å². The lowest BCUT2D eigenvalue weighted by atomic mass is 9.96. The van der Waals surface area contributed by atoms with Gasteiger partial charge in [0.1, 0.15) is 0 Å². The molecule has 2 aliphatic rings. The van der Waals surface area contributed by atoms with Crippen molar-refractivity contribution in [2.45, 2.75) is 33.2 Å². The molecular weight excluding hydrogens is 402 g/mol. The molecule has 2 aromatic rings. The first-order valence-electron chi connectivity index (χ1n) is 11.9. The molecule has 0 saturated carbocycles. The van der Waals surface area contributed by atoms with Gasteiger partial charge in [0.05, 0.1) is 24.3 Å². The van der Waals surface area contributed by atoms with Crippen LogP contribution in [0.2, 0.25) is 0 Å². The van der Waals surface area contributed by atoms with E-state index in [1.54, 1.807) is 12.3 Å². The molecule has 0 N–H and O–H groups in total. The van der Waals surface area contributed by atoms with Crippen molar-refractivity contribution >= 4 is 11.6 Å². The molecule has 1 aromatic heterocycles. The van der Waals surface area contributed by atoms with E-state index >= 15 is 0 Å². The number of carbonyl (C=O) groups is 1. The number of piperidine rings is 1. The van der Waals surface area contributed by atoms with E-state index in [0.717, 1.165) is 63.4 Å². The summed E-state index contributed by atoms with van der Waals surface area (Å²) in [5.41, 5.74) is 1.76. The number of carbonyl (C=O) groups excluding carboxylic acids is 1. The number of amides is 1. The second kappa shape index (κ2) is 10.3. The van der Waals surface area contributed by atoms with Crippen LogP contribution in [0.25, 0.3) is 0 Å². The summed E-state index contributed by atoms with van der Waals surface area (Å²) in [5.74, 6) is 0.914. The number of anilines is 1. The topological polar surface area (TPSA) is 61.7 Å². The predicted octanol–water partition coefficient (Wildman–Crippen LogP) is 2.31. The molecule has 4 rings (SSSR count). The van der Waals surface area contributed by atoms with Gasteiger partial charge in [0, 0.05) is 51.9 Å². The van der Waals surface area contributed by atoms with Gasteiger partial charge in [-0.1, -0.05) is 44.2 Å². The molecule has 0 bridgehead atoms. The van der Waals surface area contributed by atoms with Crippen LogP contribution in [0.15, 0.2) is 47.4 Å². The number of piperazine rings is 1. The minimum absolute atomic E-state index is 0.00727. The van der Waals surface area contributed by atoms with Crippen LogP contribution in [0.3, 0.4) is 0 Å². The Morgan fingerprint density at radius 2 is 1.84 bits per heavy atom. The Hall–Kier alpha value is -2.67. The fourth-order valence-electron chi connectivity index (χ4n) is 4.81. The van der Waals surface area contributed by atoms with Gasteiger partial charge in [0.25, 0.3) is 5.56 Å². The number of hydrogen-bond donors (Lipinski definition) is 0. The van der Waals surface area contributed by atoms with Crippen LogP contribution in [0.1, 0.15) is 32.3 Å². The summed E-state index contributed by atoms with van der Waals surface area (Å²) >= 11 is 0. The molecule has 0 aliphatic carbocycles. The number of nitrogens with zero attached hydrogens (tertiary/aromatic N) is 5. The first-order chi connectivity index (χ1) is 15.5. The zero-order valence-electron chi connectivity index (χ0n) is 19.3. The zero-order valence-corrected chi connectivity index (χ0v) is 19.3. The zero-order chi connectivity index (χ0) is 22.5. The van der Waals surface area contributed by atoms with Crippen molar-refractivity contribution in [1.29, 1.82) is 0 Å². The Morgan fingerprint density at radius 3 is 2.53 bits per heavy atom. The monoisotopic (exact) mass is 437 g/mol. The Bertz CT molecular complexity index is 950. The van der Waals surface area contributed by atoms with Crippen molar-refractivity contribution < 1.29 is 4.79 Å². The number of rotatable bonds is 6. The van der Waals surface area contributed by atoms with Crippen molar-refractivity contribution in [3.05, 3.63) is 58.5 Å². The third-order valence-corrected chi connectivity index (χ3v) is 6.47. The second-order valence-corrected chi connectivity index (χ2v) is 9.50. The van der Waals surface area contributed by atoms with Crippen LogP contribution < -0.4 is 10.5 Å². The molecular formula is C25H35N5O2. The van der Waals surface area contributed by atoms with E-state index in [4.69, 9.17) is 0 Å². The molecule has 0 radical (unpaired) electrons. The molecule has 7 heteroatoms. The number of aromatic nitrogens is 2. The summed E-state index contributed by atoms with van der Waals surface area (Å²) < 4.78 is 1.49. The molecule has 3 heterocycles.